The van der Waals surface area contributed by atoms with Gasteiger partial charge in [0.1, 0.15) is 0 Å². The minimum atomic E-state index is -0.342. The summed E-state index contributed by atoms with van der Waals surface area (Å²) in [6, 6.07) is 8.91. The summed E-state index contributed by atoms with van der Waals surface area (Å²) in [5, 5.41) is 14.5. The van der Waals surface area contributed by atoms with Gasteiger partial charge in [0.15, 0.2) is 0 Å². The number of aromatic nitrogens is 2. The number of ether oxygens (including phenoxy) is 1. The number of nitrogens with zero attached hydrogens (tertiary/aromatic N) is 2. The Hall–Kier alpha value is -2.01. The highest BCUT2D eigenvalue weighted by atomic mass is 35.5. The molecule has 6 heteroatoms. The van der Waals surface area contributed by atoms with Crippen LogP contribution in [0.3, 0.4) is 0 Å². The Morgan fingerprint density at radius 2 is 2.10 bits per heavy atom. The molecule has 0 aliphatic carbocycles. The molecule has 0 aliphatic heterocycles. The van der Waals surface area contributed by atoms with E-state index in [9.17, 15) is 10.0 Å². The van der Waals surface area contributed by atoms with Crippen molar-refractivity contribution in [1.29, 1.82) is 0 Å². The zero-order valence-corrected chi connectivity index (χ0v) is 12.7. The van der Waals surface area contributed by atoms with Crippen LogP contribution in [0.25, 0.3) is 11.3 Å². The van der Waals surface area contributed by atoms with Gasteiger partial charge in [0.05, 0.1) is 23.9 Å². The summed E-state index contributed by atoms with van der Waals surface area (Å²) in [6.45, 7) is 3.87. The van der Waals surface area contributed by atoms with Crippen LogP contribution in [0.1, 0.15) is 19.5 Å². The van der Waals surface area contributed by atoms with Crippen molar-refractivity contribution in [2.45, 2.75) is 20.3 Å². The maximum Gasteiger partial charge on any atom is 0.309 e. The number of esters is 1. The molecule has 0 saturated carbocycles. The van der Waals surface area contributed by atoms with Crippen LogP contribution in [0.4, 0.5) is 0 Å². The fourth-order valence-corrected chi connectivity index (χ4v) is 2.12. The van der Waals surface area contributed by atoms with Crippen LogP contribution in [-0.4, -0.2) is 27.7 Å². The Kier molecular flexibility index (Phi) is 4.85. The van der Waals surface area contributed by atoms with Gasteiger partial charge in [-0.3, -0.25) is 4.79 Å². The van der Waals surface area contributed by atoms with Gasteiger partial charge in [-0.1, -0.05) is 30.7 Å². The molecule has 0 fully saturated rings. The van der Waals surface area contributed by atoms with Crippen molar-refractivity contribution >= 4 is 17.6 Å². The summed E-state index contributed by atoms with van der Waals surface area (Å²) in [4.78, 5) is 12.4. The van der Waals surface area contributed by atoms with Gasteiger partial charge in [0.2, 0.25) is 0 Å². The molecule has 0 saturated heterocycles. The van der Waals surface area contributed by atoms with Crippen molar-refractivity contribution in [2.24, 2.45) is 5.92 Å². The minimum Gasteiger partial charge on any atom is -0.466 e. The lowest BCUT2D eigenvalue weighted by Gasteiger charge is -2.09. The van der Waals surface area contributed by atoms with E-state index in [1.54, 1.807) is 32.0 Å². The molecule has 2 rings (SSSR count). The number of halogens is 1. The molecule has 1 aromatic carbocycles. The number of hydrogen-bond donors (Lipinski definition) is 1. The first-order valence-corrected chi connectivity index (χ1v) is 7.09. The van der Waals surface area contributed by atoms with Crippen LogP contribution >= 0.6 is 11.6 Å². The first kappa shape index (κ1) is 15.4. The van der Waals surface area contributed by atoms with E-state index in [1.807, 2.05) is 12.1 Å². The van der Waals surface area contributed by atoms with Gasteiger partial charge in [-0.2, -0.15) is 0 Å². The zero-order valence-electron chi connectivity index (χ0n) is 11.9. The average molecular weight is 309 g/mol. The van der Waals surface area contributed by atoms with E-state index in [-0.39, 0.29) is 11.9 Å². The summed E-state index contributed by atoms with van der Waals surface area (Å²) >= 11 is 5.84. The summed E-state index contributed by atoms with van der Waals surface area (Å²) in [6.07, 6.45) is 0.357. The first-order valence-electron chi connectivity index (χ1n) is 6.72. The predicted octanol–water partition coefficient (Wildman–Crippen LogP) is 3.18. The molecule has 0 radical (unpaired) electrons. The van der Waals surface area contributed by atoms with E-state index in [1.165, 1.54) is 0 Å². The van der Waals surface area contributed by atoms with Gasteiger partial charge >= 0.3 is 5.97 Å². The van der Waals surface area contributed by atoms with E-state index in [4.69, 9.17) is 16.3 Å². The van der Waals surface area contributed by atoms with E-state index in [2.05, 4.69) is 5.10 Å². The molecular weight excluding hydrogens is 292 g/mol. The lowest BCUT2D eigenvalue weighted by atomic mass is 10.0. The molecule has 0 bridgehead atoms. The Bertz CT molecular complexity index is 622. The van der Waals surface area contributed by atoms with Crippen molar-refractivity contribution in [3.05, 3.63) is 41.0 Å². The number of rotatable bonds is 5. The number of benzene rings is 1. The Labute approximate surface area is 128 Å². The second kappa shape index (κ2) is 6.63. The van der Waals surface area contributed by atoms with Crippen molar-refractivity contribution in [3.8, 4) is 11.3 Å². The monoisotopic (exact) mass is 308 g/mol. The Morgan fingerprint density at radius 1 is 1.43 bits per heavy atom. The molecule has 1 heterocycles. The van der Waals surface area contributed by atoms with Crippen LogP contribution in [0.15, 0.2) is 30.3 Å². The number of carbonyl (C=O) groups excluding carboxylic acids is 1. The van der Waals surface area contributed by atoms with Crippen LogP contribution in [0, 0.1) is 5.92 Å². The zero-order chi connectivity index (χ0) is 15.4. The number of hydrogen-bond acceptors (Lipinski definition) is 4. The van der Waals surface area contributed by atoms with Crippen molar-refractivity contribution < 1.29 is 14.7 Å². The average Bonchev–Trinajstić information content (AvgIpc) is 2.81. The summed E-state index contributed by atoms with van der Waals surface area (Å²) < 4.78 is 4.96. The molecule has 1 N–H and O–H groups in total. The van der Waals surface area contributed by atoms with Gasteiger partial charge in [0, 0.05) is 17.0 Å². The predicted molar refractivity (Wildman–Crippen MR) is 79.4 cm³/mol. The molecule has 21 heavy (non-hydrogen) atoms. The third kappa shape index (κ3) is 3.76. The van der Waals surface area contributed by atoms with E-state index >= 15 is 0 Å². The second-order valence-corrected chi connectivity index (χ2v) is 5.21. The fraction of sp³-hybridized carbons (Fsp3) is 0.333. The van der Waals surface area contributed by atoms with Crippen molar-refractivity contribution in [2.75, 3.05) is 6.61 Å². The highest BCUT2D eigenvalue weighted by molar-refractivity contribution is 6.30. The maximum atomic E-state index is 11.6. The highest BCUT2D eigenvalue weighted by Crippen LogP contribution is 2.22. The molecule has 112 valence electrons. The molecule has 0 amide bonds. The quantitative estimate of drug-likeness (QED) is 0.680. The molecule has 1 aromatic heterocycles. The second-order valence-electron chi connectivity index (χ2n) is 4.77. The third-order valence-corrected chi connectivity index (χ3v) is 3.36. The molecular formula is C15H17ClN2O3. The molecule has 0 aliphatic rings. The molecule has 5 nitrogen and oxygen atoms in total. The standard InChI is InChI=1S/C15H17ClN2O3/c1-3-21-15(19)10(2)8-13-9-14(17-18(13)20)11-4-6-12(16)7-5-11/h4-7,9-10,20H,3,8H2,1-2H3. The Morgan fingerprint density at radius 3 is 2.71 bits per heavy atom. The van der Waals surface area contributed by atoms with Gasteiger partial charge < -0.3 is 9.94 Å². The Balaban J connectivity index is 2.16. The molecule has 2 aromatic rings. The van der Waals surface area contributed by atoms with Crippen LogP contribution in [-0.2, 0) is 16.0 Å². The lowest BCUT2D eigenvalue weighted by Crippen LogP contribution is -2.18. The topological polar surface area (TPSA) is 64.3 Å². The van der Waals surface area contributed by atoms with Crippen LogP contribution in [0.5, 0.6) is 0 Å². The van der Waals surface area contributed by atoms with E-state index in [0.717, 1.165) is 10.4 Å². The molecule has 0 spiro atoms. The van der Waals surface area contributed by atoms with E-state index in [0.29, 0.717) is 29.4 Å². The third-order valence-electron chi connectivity index (χ3n) is 3.11. The summed E-state index contributed by atoms with van der Waals surface area (Å²) in [7, 11) is 0. The molecule has 1 atom stereocenters. The maximum absolute atomic E-state index is 11.6. The van der Waals surface area contributed by atoms with E-state index < -0.39 is 0 Å². The normalized spacial score (nSPS) is 12.1. The first-order chi connectivity index (χ1) is 10.0. The lowest BCUT2D eigenvalue weighted by molar-refractivity contribution is -0.147. The van der Waals surface area contributed by atoms with Gasteiger partial charge in [-0.25, -0.2) is 0 Å². The largest absolute Gasteiger partial charge is 0.466 e. The van der Waals surface area contributed by atoms with Gasteiger partial charge in [-0.05, 0) is 25.1 Å². The van der Waals surface area contributed by atoms with Gasteiger partial charge in [0.25, 0.3) is 0 Å². The van der Waals surface area contributed by atoms with Crippen LogP contribution in [0.2, 0.25) is 5.02 Å². The SMILES string of the molecule is CCOC(=O)C(C)Cc1cc(-c2ccc(Cl)cc2)nn1O. The smallest absolute Gasteiger partial charge is 0.309 e. The highest BCUT2D eigenvalue weighted by Gasteiger charge is 2.18. The summed E-state index contributed by atoms with van der Waals surface area (Å²) in [5.41, 5.74) is 2.03. The van der Waals surface area contributed by atoms with Crippen molar-refractivity contribution in [3.63, 3.8) is 0 Å². The minimum absolute atomic E-state index is 0.285. The van der Waals surface area contributed by atoms with Gasteiger partial charge in [-0.15, -0.1) is 9.94 Å². The number of carbonyl (C=O) groups is 1. The fourth-order valence-electron chi connectivity index (χ4n) is 1.99. The van der Waals surface area contributed by atoms with Crippen LogP contribution < -0.4 is 0 Å². The molecule has 1 unspecified atom stereocenters. The van der Waals surface area contributed by atoms with Crippen molar-refractivity contribution in [1.82, 2.24) is 9.94 Å². The summed E-state index contributed by atoms with van der Waals surface area (Å²) in [5.74, 6) is -0.627.